The minimum atomic E-state index is 0.362. The third-order valence-electron chi connectivity index (χ3n) is 1.46. The third-order valence-corrected chi connectivity index (χ3v) is 1.46. The lowest BCUT2D eigenvalue weighted by Gasteiger charge is -2.00. The van der Waals surface area contributed by atoms with Crippen LogP contribution in [0.15, 0.2) is 22.7 Å². The van der Waals surface area contributed by atoms with Crippen molar-refractivity contribution in [2.75, 3.05) is 0 Å². The van der Waals surface area contributed by atoms with Crippen molar-refractivity contribution >= 4 is 15.0 Å². The summed E-state index contributed by atoms with van der Waals surface area (Å²) in [5.41, 5.74) is 0. The molecule has 0 bridgehead atoms. The largest absolute Gasteiger partial charge is 0.378 e. The van der Waals surface area contributed by atoms with Crippen molar-refractivity contribution in [2.24, 2.45) is 10.1 Å². The molecule has 1 atom stereocenters. The molecule has 1 unspecified atom stereocenters. The molecule has 12 heavy (non-hydrogen) atoms. The highest BCUT2D eigenvalue weighted by Gasteiger charge is 1.94. The first-order chi connectivity index (χ1) is 5.81. The smallest absolute Gasteiger partial charge is 0.359 e. The third kappa shape index (κ3) is 7.54. The molecule has 1 N–H and O–H groups in total. The van der Waals surface area contributed by atoms with Gasteiger partial charge in [-0.05, 0) is 13.3 Å². The van der Waals surface area contributed by atoms with Crippen molar-refractivity contribution in [2.45, 2.75) is 32.7 Å². The van der Waals surface area contributed by atoms with Gasteiger partial charge in [-0.2, -0.15) is 0 Å². The highest BCUT2D eigenvalue weighted by Crippen LogP contribution is 1.99. The van der Waals surface area contributed by atoms with Crippen molar-refractivity contribution in [3.63, 3.8) is 0 Å². The zero-order valence-electron chi connectivity index (χ0n) is 8.08. The van der Waals surface area contributed by atoms with Gasteiger partial charge in [-0.3, -0.25) is 0 Å². The molecule has 0 heterocycles. The molecule has 0 aromatic heterocycles. The first-order valence-corrected chi connectivity index (χ1v) is 4.49. The number of nitrogens with one attached hydrogen (secondary N) is 1. The Kier molecular flexibility index (Phi) is 8.12. The first-order valence-electron chi connectivity index (χ1n) is 4.49. The van der Waals surface area contributed by atoms with Crippen molar-refractivity contribution in [1.82, 2.24) is 5.14 Å². The van der Waals surface area contributed by atoms with Crippen LogP contribution >= 0.6 is 0 Å². The molecule has 0 aliphatic carbocycles. The molecular formula is C7H17B2N3. The Labute approximate surface area is 76.3 Å². The van der Waals surface area contributed by atoms with Gasteiger partial charge >= 0.3 is 7.55 Å². The predicted molar refractivity (Wildman–Crippen MR) is 56.9 cm³/mol. The van der Waals surface area contributed by atoms with Gasteiger partial charge < -0.3 is 5.14 Å². The van der Waals surface area contributed by atoms with Crippen LogP contribution in [0.4, 0.5) is 0 Å². The van der Waals surface area contributed by atoms with Crippen LogP contribution in [0.25, 0.3) is 0 Å². The number of nitrogens with zero attached hydrogens (tertiary/aromatic N) is 2. The minimum absolute atomic E-state index is 0.362. The summed E-state index contributed by atoms with van der Waals surface area (Å²) in [6, 6.07) is 0.362. The molecule has 0 aromatic rings. The molecule has 0 radical (unpaired) electrons. The van der Waals surface area contributed by atoms with Gasteiger partial charge in [0.25, 0.3) is 0 Å². The molecule has 0 saturated heterocycles. The van der Waals surface area contributed by atoms with Gasteiger partial charge in [-0.25, -0.2) is 10.1 Å². The van der Waals surface area contributed by atoms with E-state index in [1.165, 1.54) is 6.42 Å². The molecule has 5 heteroatoms. The second kappa shape index (κ2) is 8.53. The van der Waals surface area contributed by atoms with Crippen LogP contribution < -0.4 is 5.14 Å². The first kappa shape index (κ1) is 11.4. The number of rotatable bonds is 7. The Hall–Kier alpha value is -0.570. The molecular weight excluding hydrogens is 148 g/mol. The molecule has 66 valence electrons. The van der Waals surface area contributed by atoms with Crippen LogP contribution in [-0.4, -0.2) is 21.0 Å². The fourth-order valence-electron chi connectivity index (χ4n) is 0.872. The van der Waals surface area contributed by atoms with E-state index in [9.17, 15) is 0 Å². The van der Waals surface area contributed by atoms with Gasteiger partial charge in [0.05, 0.1) is 6.04 Å². The van der Waals surface area contributed by atoms with Gasteiger partial charge in [0.2, 0.25) is 7.41 Å². The molecule has 0 amide bonds. The number of hydrogen-bond acceptors (Lipinski definition) is 3. The Bertz CT molecular complexity index is 139. The summed E-state index contributed by atoms with van der Waals surface area (Å²) in [6.07, 6.45) is 2.28. The lowest BCUT2D eigenvalue weighted by molar-refractivity contribution is 0.632. The molecule has 0 spiro atoms. The van der Waals surface area contributed by atoms with E-state index in [0.29, 0.717) is 13.6 Å². The van der Waals surface area contributed by atoms with Gasteiger partial charge in [-0.15, -0.1) is 12.6 Å². The van der Waals surface area contributed by atoms with Gasteiger partial charge in [0.15, 0.2) is 0 Å². The summed E-state index contributed by atoms with van der Waals surface area (Å²) >= 11 is 0. The maximum atomic E-state index is 4.11. The fourth-order valence-corrected chi connectivity index (χ4v) is 0.872. The Morgan fingerprint density at radius 3 is 3.00 bits per heavy atom. The second-order valence-corrected chi connectivity index (χ2v) is 2.80. The molecule has 0 fully saturated rings. The Morgan fingerprint density at radius 2 is 2.42 bits per heavy atom. The average Bonchev–Trinajstić information content (AvgIpc) is 2.05. The number of hydrogen-bond donors (Lipinski definition) is 1. The summed E-state index contributed by atoms with van der Waals surface area (Å²) in [7, 11) is 1.39. The zero-order valence-corrected chi connectivity index (χ0v) is 8.08. The summed E-state index contributed by atoms with van der Waals surface area (Å²) in [5, 5.41) is 11.2. The molecule has 0 aliphatic heterocycles. The van der Waals surface area contributed by atoms with Gasteiger partial charge in [-0.1, -0.05) is 13.3 Å². The van der Waals surface area contributed by atoms with E-state index in [-0.39, 0.29) is 0 Å². The minimum Gasteiger partial charge on any atom is -0.378 e. The summed E-state index contributed by atoms with van der Waals surface area (Å²) in [4.78, 5) is 0. The monoisotopic (exact) mass is 165 g/mol. The van der Waals surface area contributed by atoms with Crippen LogP contribution in [0.1, 0.15) is 26.7 Å². The van der Waals surface area contributed by atoms with Gasteiger partial charge in [0.1, 0.15) is 0 Å². The summed E-state index contributed by atoms with van der Waals surface area (Å²) in [6.45, 7) is 7.83. The maximum Gasteiger partial charge on any atom is 0.359 e. The summed E-state index contributed by atoms with van der Waals surface area (Å²) < 4.78 is 0. The topological polar surface area (TPSA) is 36.8 Å². The van der Waals surface area contributed by atoms with Crippen LogP contribution in [0.5, 0.6) is 0 Å². The van der Waals surface area contributed by atoms with Crippen LogP contribution in [-0.2, 0) is 0 Å². The van der Waals surface area contributed by atoms with Crippen molar-refractivity contribution in [3.8, 4) is 0 Å². The average molecular weight is 165 g/mol. The molecule has 0 aromatic carbocycles. The quantitative estimate of drug-likeness (QED) is 0.340. The maximum absolute atomic E-state index is 4.11. The van der Waals surface area contributed by atoms with Crippen LogP contribution in [0.2, 0.25) is 0 Å². The van der Waals surface area contributed by atoms with Crippen molar-refractivity contribution < 1.29 is 0 Å². The zero-order chi connectivity index (χ0) is 9.23. The highest BCUT2D eigenvalue weighted by atomic mass is 15.1. The van der Waals surface area contributed by atoms with Crippen molar-refractivity contribution in [1.29, 1.82) is 0 Å². The summed E-state index contributed by atoms with van der Waals surface area (Å²) in [5.74, 6) is 1.81. The molecule has 0 rings (SSSR count). The van der Waals surface area contributed by atoms with Gasteiger partial charge in [0, 0.05) is 0 Å². The standard InChI is InChI=1S/C7H17B2N3/c1-4-6-7(3)10-12-9-11-8-5-2/h5,7-9,11H,2,4,6H2,1,3H3. The predicted octanol–water partition coefficient (Wildman–Crippen LogP) is 0.978. The lowest BCUT2D eigenvalue weighted by Crippen LogP contribution is -2.20. The van der Waals surface area contributed by atoms with E-state index in [2.05, 4.69) is 35.7 Å². The SMILES string of the molecule is C=CBNBN=NC(C)CCC. The van der Waals surface area contributed by atoms with E-state index < -0.39 is 0 Å². The van der Waals surface area contributed by atoms with E-state index >= 15 is 0 Å². The fraction of sp³-hybridized carbons (Fsp3) is 0.714. The molecule has 0 saturated carbocycles. The molecule has 0 aliphatic rings. The van der Waals surface area contributed by atoms with Crippen molar-refractivity contribution in [3.05, 3.63) is 12.6 Å². The van der Waals surface area contributed by atoms with E-state index in [1.54, 1.807) is 0 Å². The molecule has 3 nitrogen and oxygen atoms in total. The van der Waals surface area contributed by atoms with Crippen LogP contribution in [0, 0.1) is 0 Å². The Morgan fingerprint density at radius 1 is 1.67 bits per heavy atom. The van der Waals surface area contributed by atoms with E-state index in [0.717, 1.165) is 13.8 Å². The highest BCUT2D eigenvalue weighted by molar-refractivity contribution is 6.52. The lowest BCUT2D eigenvalue weighted by atomic mass is 9.90. The normalized spacial score (nSPS) is 12.8. The van der Waals surface area contributed by atoms with E-state index in [4.69, 9.17) is 0 Å². The Balaban J connectivity index is 3.27. The second-order valence-electron chi connectivity index (χ2n) is 2.80. The van der Waals surface area contributed by atoms with E-state index in [1.807, 2.05) is 5.98 Å². The van der Waals surface area contributed by atoms with Crippen LogP contribution in [0.3, 0.4) is 0 Å².